The normalized spacial score (nSPS) is 10.4. The summed E-state index contributed by atoms with van der Waals surface area (Å²) < 4.78 is 11.1. The summed E-state index contributed by atoms with van der Waals surface area (Å²) >= 11 is 0. The van der Waals surface area contributed by atoms with E-state index in [0.717, 1.165) is 22.6 Å². The highest BCUT2D eigenvalue weighted by molar-refractivity contribution is 5.38. The first-order valence-electron chi connectivity index (χ1n) is 6.69. The molecule has 3 nitrogen and oxygen atoms in total. The molecule has 0 spiro atoms. The second kappa shape index (κ2) is 6.44. The molecule has 0 aliphatic heterocycles. The molecular formula is C17H21NO2. The van der Waals surface area contributed by atoms with E-state index in [2.05, 4.69) is 32.0 Å². The van der Waals surface area contributed by atoms with Crippen LogP contribution in [0.15, 0.2) is 36.4 Å². The quantitative estimate of drug-likeness (QED) is 0.907. The highest BCUT2D eigenvalue weighted by Gasteiger charge is 2.03. The minimum absolute atomic E-state index is 0.469. The van der Waals surface area contributed by atoms with Crippen molar-refractivity contribution >= 4 is 0 Å². The van der Waals surface area contributed by atoms with E-state index in [4.69, 9.17) is 15.2 Å². The van der Waals surface area contributed by atoms with Crippen LogP contribution < -0.4 is 15.2 Å². The number of nitrogens with two attached hydrogens (primary N) is 1. The lowest BCUT2D eigenvalue weighted by molar-refractivity contribution is 0.303. The van der Waals surface area contributed by atoms with Crippen LogP contribution in [0.4, 0.5) is 0 Å². The van der Waals surface area contributed by atoms with E-state index in [1.807, 2.05) is 18.2 Å². The summed E-state index contributed by atoms with van der Waals surface area (Å²) in [6, 6.07) is 12.1. The van der Waals surface area contributed by atoms with Gasteiger partial charge in [-0.25, -0.2) is 0 Å². The van der Waals surface area contributed by atoms with Crippen LogP contribution in [0.2, 0.25) is 0 Å². The molecule has 0 saturated carbocycles. The number of hydrogen-bond acceptors (Lipinski definition) is 3. The van der Waals surface area contributed by atoms with Crippen molar-refractivity contribution in [3.63, 3.8) is 0 Å². The summed E-state index contributed by atoms with van der Waals surface area (Å²) in [4.78, 5) is 0. The highest BCUT2D eigenvalue weighted by atomic mass is 16.5. The molecule has 0 amide bonds. The standard InChI is InChI=1S/C17H21NO2/c1-12-4-5-14(6-13(12)2)11-20-17-8-15(10-18)7-16(9-17)19-3/h4-9H,10-11,18H2,1-3H3. The van der Waals surface area contributed by atoms with Gasteiger partial charge in [-0.05, 0) is 48.2 Å². The van der Waals surface area contributed by atoms with Crippen LogP contribution in [0.25, 0.3) is 0 Å². The Balaban J connectivity index is 2.11. The Hall–Kier alpha value is -2.00. The minimum Gasteiger partial charge on any atom is -0.497 e. The van der Waals surface area contributed by atoms with Crippen molar-refractivity contribution in [2.24, 2.45) is 5.73 Å². The number of benzene rings is 2. The molecular weight excluding hydrogens is 250 g/mol. The minimum atomic E-state index is 0.469. The number of aryl methyl sites for hydroxylation is 2. The summed E-state index contributed by atoms with van der Waals surface area (Å²) in [5.41, 5.74) is 10.4. The maximum absolute atomic E-state index is 5.84. The van der Waals surface area contributed by atoms with Crippen LogP contribution in [0.1, 0.15) is 22.3 Å². The molecule has 2 aromatic rings. The Labute approximate surface area is 120 Å². The van der Waals surface area contributed by atoms with Crippen LogP contribution in [0.5, 0.6) is 11.5 Å². The van der Waals surface area contributed by atoms with Crippen molar-refractivity contribution in [3.05, 3.63) is 58.7 Å². The van der Waals surface area contributed by atoms with Crippen molar-refractivity contribution in [3.8, 4) is 11.5 Å². The molecule has 0 fully saturated rings. The van der Waals surface area contributed by atoms with Gasteiger partial charge < -0.3 is 15.2 Å². The highest BCUT2D eigenvalue weighted by Crippen LogP contribution is 2.23. The molecule has 0 aliphatic rings. The lowest BCUT2D eigenvalue weighted by Crippen LogP contribution is -2.00. The van der Waals surface area contributed by atoms with Gasteiger partial charge in [0.2, 0.25) is 0 Å². The number of ether oxygens (including phenoxy) is 2. The summed E-state index contributed by atoms with van der Waals surface area (Å²) in [7, 11) is 1.64. The smallest absolute Gasteiger partial charge is 0.123 e. The zero-order valence-corrected chi connectivity index (χ0v) is 12.3. The third-order valence-corrected chi connectivity index (χ3v) is 3.39. The molecule has 106 valence electrons. The van der Waals surface area contributed by atoms with Gasteiger partial charge in [-0.3, -0.25) is 0 Å². The largest absolute Gasteiger partial charge is 0.497 e. The SMILES string of the molecule is COc1cc(CN)cc(OCc2ccc(C)c(C)c2)c1. The van der Waals surface area contributed by atoms with Crippen molar-refractivity contribution in [2.75, 3.05) is 7.11 Å². The van der Waals surface area contributed by atoms with Gasteiger partial charge in [0.15, 0.2) is 0 Å². The van der Waals surface area contributed by atoms with Crippen molar-refractivity contribution in [1.29, 1.82) is 0 Å². The molecule has 0 radical (unpaired) electrons. The van der Waals surface area contributed by atoms with Gasteiger partial charge in [-0.1, -0.05) is 18.2 Å². The van der Waals surface area contributed by atoms with Crippen molar-refractivity contribution < 1.29 is 9.47 Å². The third kappa shape index (κ3) is 3.52. The molecule has 2 aromatic carbocycles. The number of rotatable bonds is 5. The van der Waals surface area contributed by atoms with E-state index in [-0.39, 0.29) is 0 Å². The zero-order chi connectivity index (χ0) is 14.5. The van der Waals surface area contributed by atoms with Crippen LogP contribution >= 0.6 is 0 Å². The van der Waals surface area contributed by atoms with Gasteiger partial charge in [0, 0.05) is 12.6 Å². The predicted molar refractivity (Wildman–Crippen MR) is 81.1 cm³/mol. The lowest BCUT2D eigenvalue weighted by Gasteiger charge is -2.11. The van der Waals surface area contributed by atoms with Crippen LogP contribution in [-0.2, 0) is 13.2 Å². The Kier molecular flexibility index (Phi) is 4.64. The van der Waals surface area contributed by atoms with Gasteiger partial charge >= 0.3 is 0 Å². The van der Waals surface area contributed by atoms with Crippen LogP contribution in [-0.4, -0.2) is 7.11 Å². The van der Waals surface area contributed by atoms with E-state index in [1.54, 1.807) is 7.11 Å². The second-order valence-corrected chi connectivity index (χ2v) is 4.93. The summed E-state index contributed by atoms with van der Waals surface area (Å²) in [5.74, 6) is 1.55. The molecule has 0 saturated heterocycles. The van der Waals surface area contributed by atoms with Gasteiger partial charge in [-0.15, -0.1) is 0 Å². The first-order chi connectivity index (χ1) is 9.62. The first kappa shape index (κ1) is 14.4. The lowest BCUT2D eigenvalue weighted by atomic mass is 10.1. The topological polar surface area (TPSA) is 44.5 Å². The molecule has 3 heteroatoms. The van der Waals surface area contributed by atoms with Crippen molar-refractivity contribution in [2.45, 2.75) is 27.0 Å². The van der Waals surface area contributed by atoms with Crippen LogP contribution in [0, 0.1) is 13.8 Å². The average Bonchev–Trinajstić information content (AvgIpc) is 2.48. The Morgan fingerprint density at radius 1 is 0.900 bits per heavy atom. The predicted octanol–water partition coefficient (Wildman–Crippen LogP) is 3.35. The van der Waals surface area contributed by atoms with E-state index in [9.17, 15) is 0 Å². The molecule has 2 N–H and O–H groups in total. The fourth-order valence-corrected chi connectivity index (χ4v) is 2.01. The number of methoxy groups -OCH3 is 1. The van der Waals surface area contributed by atoms with Gasteiger partial charge in [-0.2, -0.15) is 0 Å². The van der Waals surface area contributed by atoms with Crippen molar-refractivity contribution in [1.82, 2.24) is 0 Å². The van der Waals surface area contributed by atoms with E-state index >= 15 is 0 Å². The zero-order valence-electron chi connectivity index (χ0n) is 12.3. The number of hydrogen-bond donors (Lipinski definition) is 1. The molecule has 0 heterocycles. The molecule has 20 heavy (non-hydrogen) atoms. The first-order valence-corrected chi connectivity index (χ1v) is 6.69. The molecule has 0 unspecified atom stereocenters. The van der Waals surface area contributed by atoms with E-state index in [1.165, 1.54) is 11.1 Å². The Morgan fingerprint density at radius 2 is 1.65 bits per heavy atom. The fourth-order valence-electron chi connectivity index (χ4n) is 2.01. The average molecular weight is 271 g/mol. The van der Waals surface area contributed by atoms with Gasteiger partial charge in [0.25, 0.3) is 0 Å². The van der Waals surface area contributed by atoms with E-state index < -0.39 is 0 Å². The molecule has 0 bridgehead atoms. The molecule has 0 atom stereocenters. The van der Waals surface area contributed by atoms with E-state index in [0.29, 0.717) is 13.2 Å². The van der Waals surface area contributed by atoms with Gasteiger partial charge in [0.05, 0.1) is 7.11 Å². The monoisotopic (exact) mass is 271 g/mol. The van der Waals surface area contributed by atoms with Crippen LogP contribution in [0.3, 0.4) is 0 Å². The molecule has 2 rings (SSSR count). The summed E-state index contributed by atoms with van der Waals surface area (Å²) in [6.07, 6.45) is 0. The third-order valence-electron chi connectivity index (χ3n) is 3.39. The summed E-state index contributed by atoms with van der Waals surface area (Å²) in [6.45, 7) is 5.22. The maximum atomic E-state index is 5.84. The second-order valence-electron chi connectivity index (χ2n) is 4.93. The molecule has 0 aliphatic carbocycles. The summed E-state index contributed by atoms with van der Waals surface area (Å²) in [5, 5.41) is 0. The fraction of sp³-hybridized carbons (Fsp3) is 0.294. The Morgan fingerprint density at radius 3 is 2.30 bits per heavy atom. The Bertz CT molecular complexity index is 571. The maximum Gasteiger partial charge on any atom is 0.123 e. The molecule has 0 aromatic heterocycles. The van der Waals surface area contributed by atoms with Gasteiger partial charge in [0.1, 0.15) is 18.1 Å².